The molecular formula is C28H30N2O5. The first kappa shape index (κ1) is 22.1. The number of benzene rings is 2. The third kappa shape index (κ3) is 3.77. The molecule has 0 bridgehead atoms. The molecule has 0 saturated heterocycles. The number of carboxylic acids is 1. The first-order chi connectivity index (χ1) is 16.9. The highest BCUT2D eigenvalue weighted by Crippen LogP contribution is 2.60. The van der Waals surface area contributed by atoms with E-state index >= 15 is 0 Å². The number of rotatable bonds is 7. The van der Waals surface area contributed by atoms with Gasteiger partial charge in [-0.25, -0.2) is 9.59 Å². The Hall–Kier alpha value is -3.35. The number of carbonyl (C=O) groups is 3. The number of hydrogen-bond donors (Lipinski definition) is 3. The van der Waals surface area contributed by atoms with E-state index in [0.717, 1.165) is 30.4 Å². The van der Waals surface area contributed by atoms with Crippen molar-refractivity contribution < 1.29 is 24.2 Å². The molecule has 0 aliphatic heterocycles. The van der Waals surface area contributed by atoms with Gasteiger partial charge in [0, 0.05) is 18.4 Å². The Bertz CT molecular complexity index is 1150. The summed E-state index contributed by atoms with van der Waals surface area (Å²) in [6, 6.07) is 16.4. The minimum absolute atomic E-state index is 0.00115. The van der Waals surface area contributed by atoms with Crippen LogP contribution in [0, 0.1) is 17.3 Å². The predicted molar refractivity (Wildman–Crippen MR) is 129 cm³/mol. The second-order valence-electron chi connectivity index (χ2n) is 10.9. The summed E-state index contributed by atoms with van der Waals surface area (Å²) in [7, 11) is 0. The SMILES string of the molecule is O=C(NC[C@@H]1C[C@@H]1C(=O)NC1(C(=O)O)CC2(CCC2)C1)OCC1c2ccccc2-c2ccccc21. The second kappa shape index (κ2) is 8.11. The summed E-state index contributed by atoms with van der Waals surface area (Å²) in [5.41, 5.74) is 3.71. The third-order valence-electron chi connectivity index (χ3n) is 8.65. The number of amides is 2. The monoisotopic (exact) mass is 474 g/mol. The largest absolute Gasteiger partial charge is 0.480 e. The zero-order chi connectivity index (χ0) is 24.2. The Labute approximate surface area is 204 Å². The fourth-order valence-corrected chi connectivity index (χ4v) is 6.54. The molecule has 6 rings (SSSR count). The molecule has 1 spiro atoms. The zero-order valence-corrected chi connectivity index (χ0v) is 19.6. The van der Waals surface area contributed by atoms with Crippen molar-refractivity contribution in [1.29, 1.82) is 0 Å². The van der Waals surface area contributed by atoms with Crippen LogP contribution in [0.5, 0.6) is 0 Å². The molecule has 3 fully saturated rings. The van der Waals surface area contributed by atoms with E-state index < -0.39 is 17.6 Å². The van der Waals surface area contributed by atoms with Crippen LogP contribution in [0.2, 0.25) is 0 Å². The Morgan fingerprint density at radius 2 is 1.60 bits per heavy atom. The number of nitrogens with one attached hydrogen (secondary N) is 2. The molecule has 2 amide bonds. The third-order valence-corrected chi connectivity index (χ3v) is 8.65. The molecule has 2 aromatic rings. The summed E-state index contributed by atoms with van der Waals surface area (Å²) >= 11 is 0. The van der Waals surface area contributed by atoms with Crippen LogP contribution in [0.15, 0.2) is 48.5 Å². The molecule has 35 heavy (non-hydrogen) atoms. The van der Waals surface area contributed by atoms with Gasteiger partial charge in [-0.05, 0) is 65.7 Å². The minimum atomic E-state index is -1.11. The van der Waals surface area contributed by atoms with E-state index in [4.69, 9.17) is 4.74 Å². The summed E-state index contributed by atoms with van der Waals surface area (Å²) in [5, 5.41) is 15.3. The minimum Gasteiger partial charge on any atom is -0.480 e. The van der Waals surface area contributed by atoms with Crippen LogP contribution in [0.4, 0.5) is 4.79 Å². The average Bonchev–Trinajstić information content (AvgIpc) is 3.52. The number of carboxylic acid groups (broad SMARTS) is 1. The molecule has 0 heterocycles. The van der Waals surface area contributed by atoms with Crippen LogP contribution in [-0.4, -0.2) is 41.8 Å². The molecule has 4 aliphatic rings. The van der Waals surface area contributed by atoms with E-state index in [2.05, 4.69) is 34.9 Å². The maximum atomic E-state index is 12.7. The quantitative estimate of drug-likeness (QED) is 0.561. The van der Waals surface area contributed by atoms with Crippen LogP contribution in [-0.2, 0) is 14.3 Å². The van der Waals surface area contributed by atoms with Crippen LogP contribution >= 0.6 is 0 Å². The summed E-state index contributed by atoms with van der Waals surface area (Å²) in [5.74, 6) is -1.38. The van der Waals surface area contributed by atoms with Crippen LogP contribution in [0.25, 0.3) is 11.1 Å². The average molecular weight is 475 g/mol. The van der Waals surface area contributed by atoms with Crippen LogP contribution < -0.4 is 10.6 Å². The summed E-state index contributed by atoms with van der Waals surface area (Å²) < 4.78 is 5.57. The lowest BCUT2D eigenvalue weighted by Gasteiger charge is -2.59. The first-order valence-electron chi connectivity index (χ1n) is 12.5. The molecule has 7 nitrogen and oxygen atoms in total. The number of carbonyl (C=O) groups excluding carboxylic acids is 2. The van der Waals surface area contributed by atoms with Gasteiger partial charge in [0.05, 0.1) is 0 Å². The Balaban J connectivity index is 0.984. The van der Waals surface area contributed by atoms with Crippen molar-refractivity contribution in [2.75, 3.05) is 13.2 Å². The molecule has 3 N–H and O–H groups in total. The van der Waals surface area contributed by atoms with Gasteiger partial charge in [0.2, 0.25) is 5.91 Å². The van der Waals surface area contributed by atoms with Crippen LogP contribution in [0.1, 0.15) is 55.6 Å². The number of ether oxygens (including phenoxy) is 1. The van der Waals surface area contributed by atoms with E-state index in [0.29, 0.717) is 25.8 Å². The van der Waals surface area contributed by atoms with E-state index in [1.807, 2.05) is 24.3 Å². The predicted octanol–water partition coefficient (Wildman–Crippen LogP) is 4.06. The smallest absolute Gasteiger partial charge is 0.407 e. The van der Waals surface area contributed by atoms with E-state index in [1.54, 1.807) is 0 Å². The highest BCUT2D eigenvalue weighted by molar-refractivity contribution is 5.90. The lowest BCUT2D eigenvalue weighted by atomic mass is 9.48. The standard InChI is InChI=1S/C28H30N2O5/c31-24(30-28(25(32)33)15-27(16-28)10-5-11-27)22-12-17(22)13-29-26(34)35-14-23-20-8-3-1-6-18(20)19-7-2-4-9-21(19)23/h1-4,6-9,17,22-23H,5,10-16H2,(H,29,34)(H,30,31)(H,32,33)/t17-,22-/m0/s1. The summed E-state index contributed by atoms with van der Waals surface area (Å²) in [6.07, 6.45) is 4.51. The van der Waals surface area contributed by atoms with Gasteiger partial charge in [-0.1, -0.05) is 55.0 Å². The lowest BCUT2D eigenvalue weighted by molar-refractivity contribution is -0.166. The number of hydrogen-bond acceptors (Lipinski definition) is 4. The van der Waals surface area contributed by atoms with Crippen LogP contribution in [0.3, 0.4) is 0 Å². The van der Waals surface area contributed by atoms with Gasteiger partial charge in [0.25, 0.3) is 0 Å². The molecule has 0 aromatic heterocycles. The topological polar surface area (TPSA) is 105 Å². The highest BCUT2D eigenvalue weighted by Gasteiger charge is 2.62. The van der Waals surface area contributed by atoms with Gasteiger partial charge in [-0.2, -0.15) is 0 Å². The van der Waals surface area contributed by atoms with Crippen molar-refractivity contribution in [3.63, 3.8) is 0 Å². The highest BCUT2D eigenvalue weighted by atomic mass is 16.5. The molecule has 3 saturated carbocycles. The van der Waals surface area contributed by atoms with Gasteiger partial charge >= 0.3 is 12.1 Å². The molecule has 182 valence electrons. The number of aliphatic carboxylic acids is 1. The van der Waals surface area contributed by atoms with Crippen molar-refractivity contribution in [3.05, 3.63) is 59.7 Å². The Morgan fingerprint density at radius 3 is 2.17 bits per heavy atom. The van der Waals surface area contributed by atoms with E-state index in [1.165, 1.54) is 11.1 Å². The summed E-state index contributed by atoms with van der Waals surface area (Å²) in [4.78, 5) is 37.0. The molecule has 2 atom stereocenters. The lowest BCUT2D eigenvalue weighted by Crippen LogP contribution is -2.68. The van der Waals surface area contributed by atoms with Crippen molar-refractivity contribution in [1.82, 2.24) is 10.6 Å². The van der Waals surface area contributed by atoms with Gasteiger partial charge in [0.1, 0.15) is 12.1 Å². The summed E-state index contributed by atoms with van der Waals surface area (Å²) in [6.45, 7) is 0.593. The van der Waals surface area contributed by atoms with Gasteiger partial charge in [-0.15, -0.1) is 0 Å². The fraction of sp³-hybridized carbons (Fsp3) is 0.464. The van der Waals surface area contributed by atoms with Crippen molar-refractivity contribution in [2.24, 2.45) is 17.3 Å². The number of fused-ring (bicyclic) bond motifs is 3. The Morgan fingerprint density at radius 1 is 0.971 bits per heavy atom. The molecule has 4 aliphatic carbocycles. The fourth-order valence-electron chi connectivity index (χ4n) is 6.54. The molecule has 0 unspecified atom stereocenters. The van der Waals surface area contributed by atoms with Gasteiger partial charge < -0.3 is 20.5 Å². The first-order valence-corrected chi connectivity index (χ1v) is 12.5. The molecule has 0 radical (unpaired) electrons. The van der Waals surface area contributed by atoms with Gasteiger partial charge in [-0.3, -0.25) is 4.79 Å². The Kier molecular flexibility index (Phi) is 5.13. The zero-order valence-electron chi connectivity index (χ0n) is 19.6. The van der Waals surface area contributed by atoms with Crippen molar-refractivity contribution >= 4 is 18.0 Å². The maximum absolute atomic E-state index is 12.7. The van der Waals surface area contributed by atoms with E-state index in [-0.39, 0.29) is 35.7 Å². The second-order valence-corrected chi connectivity index (χ2v) is 10.9. The molecule has 7 heteroatoms. The van der Waals surface area contributed by atoms with Crippen molar-refractivity contribution in [2.45, 2.75) is 50.0 Å². The van der Waals surface area contributed by atoms with Gasteiger partial charge in [0.15, 0.2) is 0 Å². The molecule has 2 aromatic carbocycles. The van der Waals surface area contributed by atoms with Crippen molar-refractivity contribution in [3.8, 4) is 11.1 Å². The van der Waals surface area contributed by atoms with E-state index in [9.17, 15) is 19.5 Å². The maximum Gasteiger partial charge on any atom is 0.407 e. The normalized spacial score (nSPS) is 24.3. The molecular weight excluding hydrogens is 444 g/mol. The number of alkyl carbamates (subject to hydrolysis) is 1.